The Morgan fingerprint density at radius 1 is 1.71 bits per heavy atom. The van der Waals surface area contributed by atoms with Crippen molar-refractivity contribution >= 4 is 17.2 Å². The quantitative estimate of drug-likeness (QED) is 0.781. The second-order valence-corrected chi connectivity index (χ2v) is 4.16. The molecule has 0 saturated heterocycles. The van der Waals surface area contributed by atoms with Crippen LogP contribution in [0.1, 0.15) is 24.9 Å². The number of carbonyl (C=O) groups excluding carboxylic acids is 1. The zero-order valence-electron chi connectivity index (χ0n) is 8.36. The molecule has 0 bridgehead atoms. The van der Waals surface area contributed by atoms with Gasteiger partial charge in [0, 0.05) is 24.0 Å². The molecule has 1 aromatic heterocycles. The summed E-state index contributed by atoms with van der Waals surface area (Å²) in [6.07, 6.45) is 1.73. The highest BCUT2D eigenvalue weighted by Crippen LogP contribution is 2.14. The van der Waals surface area contributed by atoms with Crippen LogP contribution in [0.25, 0.3) is 0 Å². The highest BCUT2D eigenvalue weighted by atomic mass is 32.1. The summed E-state index contributed by atoms with van der Waals surface area (Å²) in [5.74, 6) is -0.160. The van der Waals surface area contributed by atoms with E-state index in [1.807, 2.05) is 19.2 Å². The summed E-state index contributed by atoms with van der Waals surface area (Å²) >= 11 is 1.54. The third kappa shape index (κ3) is 2.78. The van der Waals surface area contributed by atoms with Crippen LogP contribution in [0.15, 0.2) is 11.6 Å². The minimum Gasteiger partial charge on any atom is -0.347 e. The topological polar surface area (TPSA) is 68.0 Å². The molecule has 2 unspecified atom stereocenters. The van der Waals surface area contributed by atoms with E-state index in [2.05, 4.69) is 10.3 Å². The van der Waals surface area contributed by atoms with Gasteiger partial charge in [-0.25, -0.2) is 4.98 Å². The molecule has 0 radical (unpaired) electrons. The zero-order valence-corrected chi connectivity index (χ0v) is 9.17. The molecule has 1 amide bonds. The van der Waals surface area contributed by atoms with E-state index in [0.717, 1.165) is 5.01 Å². The molecule has 0 spiro atoms. The molecule has 1 aromatic rings. The highest BCUT2D eigenvalue weighted by Gasteiger charge is 2.15. The third-order valence-electron chi connectivity index (χ3n) is 1.98. The minimum absolute atomic E-state index is 0.0183. The maximum Gasteiger partial charge on any atom is 0.224 e. The van der Waals surface area contributed by atoms with Crippen molar-refractivity contribution in [2.45, 2.75) is 19.9 Å². The molecule has 0 saturated carbocycles. The first-order chi connectivity index (χ1) is 6.65. The van der Waals surface area contributed by atoms with E-state index in [0.29, 0.717) is 6.54 Å². The van der Waals surface area contributed by atoms with Gasteiger partial charge in [0.15, 0.2) is 0 Å². The Morgan fingerprint density at radius 2 is 2.43 bits per heavy atom. The van der Waals surface area contributed by atoms with E-state index in [-0.39, 0.29) is 17.9 Å². The van der Waals surface area contributed by atoms with Crippen molar-refractivity contribution in [3.63, 3.8) is 0 Å². The van der Waals surface area contributed by atoms with Gasteiger partial charge in [-0.05, 0) is 6.92 Å². The van der Waals surface area contributed by atoms with Crippen LogP contribution >= 0.6 is 11.3 Å². The van der Waals surface area contributed by atoms with Crippen molar-refractivity contribution in [2.75, 3.05) is 6.54 Å². The van der Waals surface area contributed by atoms with E-state index in [1.54, 1.807) is 6.20 Å². The van der Waals surface area contributed by atoms with Crippen LogP contribution in [0.2, 0.25) is 0 Å². The van der Waals surface area contributed by atoms with Gasteiger partial charge in [0.25, 0.3) is 0 Å². The Bertz CT molecular complexity index is 286. The average molecular weight is 213 g/mol. The Morgan fingerprint density at radius 3 is 2.93 bits per heavy atom. The van der Waals surface area contributed by atoms with Gasteiger partial charge in [-0.3, -0.25) is 4.79 Å². The molecule has 2 atom stereocenters. The van der Waals surface area contributed by atoms with E-state index < -0.39 is 0 Å². The Kier molecular flexibility index (Phi) is 4.03. The molecule has 1 rings (SSSR count). The molecular weight excluding hydrogens is 198 g/mol. The lowest BCUT2D eigenvalue weighted by Gasteiger charge is -2.14. The van der Waals surface area contributed by atoms with Crippen LogP contribution in [0.3, 0.4) is 0 Å². The van der Waals surface area contributed by atoms with Crippen molar-refractivity contribution in [1.29, 1.82) is 0 Å². The second kappa shape index (κ2) is 5.07. The summed E-state index contributed by atoms with van der Waals surface area (Å²) in [6, 6.07) is -0.0310. The predicted molar refractivity (Wildman–Crippen MR) is 56.9 cm³/mol. The number of hydrogen-bond acceptors (Lipinski definition) is 4. The number of nitrogens with one attached hydrogen (secondary N) is 1. The summed E-state index contributed by atoms with van der Waals surface area (Å²) in [6.45, 7) is 4.10. The van der Waals surface area contributed by atoms with Crippen LogP contribution in [0.5, 0.6) is 0 Å². The molecule has 0 aliphatic carbocycles. The highest BCUT2D eigenvalue weighted by molar-refractivity contribution is 7.09. The lowest BCUT2D eigenvalue weighted by molar-refractivity contribution is -0.124. The van der Waals surface area contributed by atoms with Gasteiger partial charge < -0.3 is 11.1 Å². The van der Waals surface area contributed by atoms with E-state index >= 15 is 0 Å². The van der Waals surface area contributed by atoms with Gasteiger partial charge in [0.05, 0.1) is 6.04 Å². The smallest absolute Gasteiger partial charge is 0.224 e. The number of nitrogens with zero attached hydrogens (tertiary/aromatic N) is 1. The van der Waals surface area contributed by atoms with Gasteiger partial charge in [-0.2, -0.15) is 0 Å². The van der Waals surface area contributed by atoms with E-state index in [1.165, 1.54) is 11.3 Å². The molecule has 5 heteroatoms. The number of thiazole rings is 1. The van der Waals surface area contributed by atoms with Gasteiger partial charge in [0.1, 0.15) is 5.01 Å². The van der Waals surface area contributed by atoms with Crippen LogP contribution in [-0.4, -0.2) is 17.4 Å². The molecular formula is C9H15N3OS. The normalized spacial score (nSPS) is 14.8. The summed E-state index contributed by atoms with van der Waals surface area (Å²) in [5, 5.41) is 5.67. The molecule has 0 aromatic carbocycles. The standard InChI is InChI=1S/C9H15N3OS/c1-6(5-10)8(13)12-7(2)9-11-3-4-14-9/h3-4,6-7H,5,10H2,1-2H3,(H,12,13). The van der Waals surface area contributed by atoms with Crippen LogP contribution < -0.4 is 11.1 Å². The number of carbonyl (C=O) groups is 1. The van der Waals surface area contributed by atoms with Crippen molar-refractivity contribution < 1.29 is 4.79 Å². The van der Waals surface area contributed by atoms with Crippen molar-refractivity contribution in [1.82, 2.24) is 10.3 Å². The molecule has 0 aliphatic rings. The maximum atomic E-state index is 11.5. The van der Waals surface area contributed by atoms with Gasteiger partial charge >= 0.3 is 0 Å². The Labute approximate surface area is 87.5 Å². The predicted octanol–water partition coefficient (Wildman–Crippen LogP) is 0.915. The van der Waals surface area contributed by atoms with Crippen LogP contribution in [-0.2, 0) is 4.79 Å². The lowest BCUT2D eigenvalue weighted by Crippen LogP contribution is -2.34. The van der Waals surface area contributed by atoms with Gasteiger partial charge in [-0.15, -0.1) is 11.3 Å². The number of aromatic nitrogens is 1. The Hall–Kier alpha value is -0.940. The average Bonchev–Trinajstić information content (AvgIpc) is 2.69. The SMILES string of the molecule is CC(CN)C(=O)NC(C)c1nccs1. The zero-order chi connectivity index (χ0) is 10.6. The summed E-state index contributed by atoms with van der Waals surface area (Å²) < 4.78 is 0. The first-order valence-electron chi connectivity index (χ1n) is 4.55. The number of amides is 1. The first-order valence-corrected chi connectivity index (χ1v) is 5.43. The summed E-state index contributed by atoms with van der Waals surface area (Å²) in [4.78, 5) is 15.6. The monoisotopic (exact) mass is 213 g/mol. The maximum absolute atomic E-state index is 11.5. The fourth-order valence-electron chi connectivity index (χ4n) is 0.973. The summed E-state index contributed by atoms with van der Waals surface area (Å²) in [5.41, 5.74) is 5.39. The third-order valence-corrected chi connectivity index (χ3v) is 2.94. The van der Waals surface area contributed by atoms with Crippen molar-refractivity contribution in [2.24, 2.45) is 11.7 Å². The number of nitrogens with two attached hydrogens (primary N) is 1. The largest absolute Gasteiger partial charge is 0.347 e. The van der Waals surface area contributed by atoms with Gasteiger partial charge in [0.2, 0.25) is 5.91 Å². The lowest BCUT2D eigenvalue weighted by atomic mass is 10.1. The molecule has 1 heterocycles. The summed E-state index contributed by atoms with van der Waals surface area (Å²) in [7, 11) is 0. The second-order valence-electron chi connectivity index (χ2n) is 3.24. The number of hydrogen-bond donors (Lipinski definition) is 2. The first kappa shape index (κ1) is 11.1. The fraction of sp³-hybridized carbons (Fsp3) is 0.556. The van der Waals surface area contributed by atoms with Crippen LogP contribution in [0, 0.1) is 5.92 Å². The molecule has 3 N–H and O–H groups in total. The Balaban J connectivity index is 2.49. The number of rotatable bonds is 4. The van der Waals surface area contributed by atoms with Crippen molar-refractivity contribution in [3.8, 4) is 0 Å². The van der Waals surface area contributed by atoms with Gasteiger partial charge in [-0.1, -0.05) is 6.92 Å². The fourth-order valence-corrected chi connectivity index (χ4v) is 1.62. The molecule has 0 fully saturated rings. The van der Waals surface area contributed by atoms with E-state index in [4.69, 9.17) is 5.73 Å². The van der Waals surface area contributed by atoms with Crippen LogP contribution in [0.4, 0.5) is 0 Å². The van der Waals surface area contributed by atoms with E-state index in [9.17, 15) is 4.79 Å². The molecule has 4 nitrogen and oxygen atoms in total. The molecule has 78 valence electrons. The minimum atomic E-state index is -0.141. The van der Waals surface area contributed by atoms with Crippen molar-refractivity contribution in [3.05, 3.63) is 16.6 Å². The molecule has 0 aliphatic heterocycles. The molecule has 14 heavy (non-hydrogen) atoms.